The minimum absolute atomic E-state index is 0.0472. The van der Waals surface area contributed by atoms with Gasteiger partial charge in [-0.2, -0.15) is 0 Å². The smallest absolute Gasteiger partial charge is 0.252 e. The van der Waals surface area contributed by atoms with Gasteiger partial charge >= 0.3 is 0 Å². The second-order valence-electron chi connectivity index (χ2n) is 5.87. The van der Waals surface area contributed by atoms with E-state index in [0.29, 0.717) is 5.56 Å². The third-order valence-electron chi connectivity index (χ3n) is 4.27. The third kappa shape index (κ3) is 3.19. The summed E-state index contributed by atoms with van der Waals surface area (Å²) in [7, 11) is 2.07. The number of amides is 1. The van der Waals surface area contributed by atoms with Gasteiger partial charge in [0.25, 0.3) is 5.91 Å². The van der Waals surface area contributed by atoms with Crippen LogP contribution in [0.5, 0.6) is 0 Å². The van der Waals surface area contributed by atoms with Crippen molar-refractivity contribution in [2.75, 3.05) is 38.1 Å². The van der Waals surface area contributed by atoms with Crippen molar-refractivity contribution in [2.45, 2.75) is 0 Å². The molecule has 0 radical (unpaired) electrons. The topological polar surface area (TPSA) is 49.6 Å². The highest BCUT2D eigenvalue weighted by Crippen LogP contribution is 2.31. The lowest BCUT2D eigenvalue weighted by molar-refractivity contribution is 0.0997. The largest absolute Gasteiger partial charge is 0.369 e. The SMILES string of the molecule is CN1CCN(c2cc(F)c(C(N)=O)c(-c3ccccc3)c2)CC1. The van der Waals surface area contributed by atoms with Crippen LogP contribution in [0.25, 0.3) is 11.1 Å². The number of carbonyl (C=O) groups is 1. The molecule has 1 fully saturated rings. The Labute approximate surface area is 135 Å². The van der Waals surface area contributed by atoms with Crippen LogP contribution in [0.4, 0.5) is 10.1 Å². The van der Waals surface area contributed by atoms with Gasteiger partial charge in [-0.05, 0) is 30.3 Å². The standard InChI is InChI=1S/C18H20FN3O/c1-21-7-9-22(10-8-21)14-11-15(13-5-3-2-4-6-13)17(18(20)23)16(19)12-14/h2-6,11-12H,7-10H2,1H3,(H2,20,23). The van der Waals surface area contributed by atoms with Gasteiger partial charge in [0.15, 0.2) is 0 Å². The molecule has 23 heavy (non-hydrogen) atoms. The molecule has 1 heterocycles. The predicted octanol–water partition coefficient (Wildman–Crippen LogP) is 2.34. The van der Waals surface area contributed by atoms with Gasteiger partial charge in [-0.15, -0.1) is 0 Å². The van der Waals surface area contributed by atoms with Crippen LogP contribution in [0.15, 0.2) is 42.5 Å². The molecule has 0 aromatic heterocycles. The molecule has 1 aliphatic rings. The quantitative estimate of drug-likeness (QED) is 0.946. The molecule has 1 saturated heterocycles. The van der Waals surface area contributed by atoms with E-state index in [1.54, 1.807) is 0 Å². The number of nitrogens with zero attached hydrogens (tertiary/aromatic N) is 2. The van der Waals surface area contributed by atoms with Crippen molar-refractivity contribution in [3.05, 3.63) is 53.8 Å². The van der Waals surface area contributed by atoms with Crippen LogP contribution >= 0.6 is 0 Å². The molecule has 2 aromatic rings. The number of likely N-dealkylation sites (N-methyl/N-ethyl adjacent to an activating group) is 1. The summed E-state index contributed by atoms with van der Waals surface area (Å²) in [6.45, 7) is 3.53. The van der Waals surface area contributed by atoms with E-state index in [0.717, 1.165) is 37.4 Å². The van der Waals surface area contributed by atoms with Crippen molar-refractivity contribution in [3.8, 4) is 11.1 Å². The van der Waals surface area contributed by atoms with Crippen molar-refractivity contribution in [1.29, 1.82) is 0 Å². The maximum absolute atomic E-state index is 14.5. The molecule has 2 aromatic carbocycles. The molecule has 0 saturated carbocycles. The van der Waals surface area contributed by atoms with Gasteiger partial charge in [-0.3, -0.25) is 4.79 Å². The van der Waals surface area contributed by atoms with Gasteiger partial charge in [0.1, 0.15) is 5.82 Å². The van der Waals surface area contributed by atoms with Crippen LogP contribution in [0.3, 0.4) is 0 Å². The highest BCUT2D eigenvalue weighted by Gasteiger charge is 2.21. The molecule has 5 heteroatoms. The number of benzene rings is 2. The fraction of sp³-hybridized carbons (Fsp3) is 0.278. The Morgan fingerprint density at radius 2 is 1.74 bits per heavy atom. The van der Waals surface area contributed by atoms with E-state index in [4.69, 9.17) is 5.73 Å². The zero-order valence-corrected chi connectivity index (χ0v) is 13.1. The van der Waals surface area contributed by atoms with Crippen LogP contribution in [-0.4, -0.2) is 44.0 Å². The average molecular weight is 313 g/mol. The number of hydrogen-bond acceptors (Lipinski definition) is 3. The van der Waals surface area contributed by atoms with E-state index in [1.807, 2.05) is 36.4 Å². The van der Waals surface area contributed by atoms with Crippen LogP contribution in [0.1, 0.15) is 10.4 Å². The molecule has 3 rings (SSSR count). The molecule has 2 N–H and O–H groups in total. The Morgan fingerprint density at radius 1 is 1.09 bits per heavy atom. The highest BCUT2D eigenvalue weighted by atomic mass is 19.1. The summed E-state index contributed by atoms with van der Waals surface area (Å²) in [5.74, 6) is -1.31. The van der Waals surface area contributed by atoms with Crippen LogP contribution < -0.4 is 10.6 Å². The Morgan fingerprint density at radius 3 is 2.35 bits per heavy atom. The lowest BCUT2D eigenvalue weighted by Gasteiger charge is -2.34. The normalized spacial score (nSPS) is 15.7. The average Bonchev–Trinajstić information content (AvgIpc) is 2.55. The molecule has 1 amide bonds. The first-order valence-corrected chi connectivity index (χ1v) is 7.68. The van der Waals surface area contributed by atoms with Crippen molar-refractivity contribution in [1.82, 2.24) is 4.90 Å². The number of piperazine rings is 1. The Hall–Kier alpha value is -2.40. The number of primary amides is 1. The zero-order chi connectivity index (χ0) is 16.4. The summed E-state index contributed by atoms with van der Waals surface area (Å²) in [6, 6.07) is 12.6. The van der Waals surface area contributed by atoms with Gasteiger partial charge in [-0.1, -0.05) is 30.3 Å². The number of anilines is 1. The molecule has 0 bridgehead atoms. The molecule has 4 nitrogen and oxygen atoms in total. The first-order valence-electron chi connectivity index (χ1n) is 7.68. The molecular weight excluding hydrogens is 293 g/mol. The van der Waals surface area contributed by atoms with E-state index in [-0.39, 0.29) is 5.56 Å². The summed E-state index contributed by atoms with van der Waals surface area (Å²) >= 11 is 0. The van der Waals surface area contributed by atoms with Crippen LogP contribution in [-0.2, 0) is 0 Å². The number of rotatable bonds is 3. The fourth-order valence-corrected chi connectivity index (χ4v) is 2.94. The monoisotopic (exact) mass is 313 g/mol. The maximum atomic E-state index is 14.5. The van der Waals surface area contributed by atoms with E-state index in [1.165, 1.54) is 6.07 Å². The van der Waals surface area contributed by atoms with E-state index < -0.39 is 11.7 Å². The van der Waals surface area contributed by atoms with Gasteiger partial charge in [0.2, 0.25) is 0 Å². The van der Waals surface area contributed by atoms with E-state index in [2.05, 4.69) is 16.8 Å². The number of nitrogens with two attached hydrogens (primary N) is 1. The van der Waals surface area contributed by atoms with Crippen molar-refractivity contribution in [2.24, 2.45) is 5.73 Å². The minimum Gasteiger partial charge on any atom is -0.369 e. The summed E-state index contributed by atoms with van der Waals surface area (Å²) < 4.78 is 14.5. The van der Waals surface area contributed by atoms with Gasteiger partial charge < -0.3 is 15.5 Å². The summed E-state index contributed by atoms with van der Waals surface area (Å²) in [5.41, 5.74) is 7.48. The van der Waals surface area contributed by atoms with E-state index >= 15 is 0 Å². The van der Waals surface area contributed by atoms with Crippen molar-refractivity contribution < 1.29 is 9.18 Å². The molecular formula is C18H20FN3O. The number of hydrogen-bond donors (Lipinski definition) is 1. The Bertz CT molecular complexity index is 710. The Kier molecular flexibility index (Phi) is 4.30. The Balaban J connectivity index is 2.07. The summed E-state index contributed by atoms with van der Waals surface area (Å²) in [5, 5.41) is 0. The summed E-state index contributed by atoms with van der Waals surface area (Å²) in [4.78, 5) is 16.1. The first-order chi connectivity index (χ1) is 11.1. The molecule has 0 atom stereocenters. The maximum Gasteiger partial charge on any atom is 0.252 e. The highest BCUT2D eigenvalue weighted by molar-refractivity contribution is 6.01. The number of halogens is 1. The van der Waals surface area contributed by atoms with E-state index in [9.17, 15) is 9.18 Å². The van der Waals surface area contributed by atoms with Crippen LogP contribution in [0, 0.1) is 5.82 Å². The van der Waals surface area contributed by atoms with Gasteiger partial charge in [0.05, 0.1) is 5.56 Å². The molecule has 120 valence electrons. The lowest BCUT2D eigenvalue weighted by Crippen LogP contribution is -2.44. The second-order valence-corrected chi connectivity index (χ2v) is 5.87. The van der Waals surface area contributed by atoms with Gasteiger partial charge in [-0.25, -0.2) is 4.39 Å². The molecule has 0 unspecified atom stereocenters. The summed E-state index contributed by atoms with van der Waals surface area (Å²) in [6.07, 6.45) is 0. The number of carbonyl (C=O) groups excluding carboxylic acids is 1. The lowest BCUT2D eigenvalue weighted by atomic mass is 9.97. The molecule has 0 aliphatic carbocycles. The molecule has 1 aliphatic heterocycles. The van der Waals surface area contributed by atoms with Gasteiger partial charge in [0, 0.05) is 31.9 Å². The van der Waals surface area contributed by atoms with Crippen molar-refractivity contribution in [3.63, 3.8) is 0 Å². The first kappa shape index (κ1) is 15.5. The zero-order valence-electron chi connectivity index (χ0n) is 13.1. The fourth-order valence-electron chi connectivity index (χ4n) is 2.94. The third-order valence-corrected chi connectivity index (χ3v) is 4.27. The molecule has 0 spiro atoms. The van der Waals surface area contributed by atoms with Crippen LogP contribution in [0.2, 0.25) is 0 Å². The van der Waals surface area contributed by atoms with Crippen molar-refractivity contribution >= 4 is 11.6 Å². The second kappa shape index (κ2) is 6.38. The minimum atomic E-state index is -0.744. The predicted molar refractivity (Wildman–Crippen MR) is 90.1 cm³/mol.